The first-order chi connectivity index (χ1) is 2.56. The summed E-state index contributed by atoms with van der Waals surface area (Å²) in [6, 6.07) is 0. The van der Waals surface area contributed by atoms with E-state index in [4.69, 9.17) is 9.19 Å². The summed E-state index contributed by atoms with van der Waals surface area (Å²) in [5.41, 5.74) is 0. The molecule has 6 heavy (non-hydrogen) atoms. The fourth-order valence-corrected chi connectivity index (χ4v) is 0. The molecule has 0 saturated heterocycles. The monoisotopic (exact) mass is 307 g/mol. The number of rotatable bonds is 0. The van der Waals surface area contributed by atoms with E-state index < -0.39 is 4.69 Å². The third-order valence-corrected chi connectivity index (χ3v) is 10.2. The molecule has 0 rings (SSSR count). The van der Waals surface area contributed by atoms with Crippen molar-refractivity contribution in [2.45, 2.75) is 0 Å². The minimum atomic E-state index is -0.784. The molecule has 0 heterocycles. The van der Waals surface area contributed by atoms with Crippen LogP contribution in [0.15, 0.2) is 0 Å². The van der Waals surface area contributed by atoms with E-state index in [1.807, 2.05) is 0 Å². The third-order valence-electron chi connectivity index (χ3n) is 0.138. The first kappa shape index (κ1) is 7.33. The Hall–Kier alpha value is 1.33. The molecule has 0 N–H and O–H groups in total. The second-order valence-electron chi connectivity index (χ2n) is 1.50. The van der Waals surface area contributed by atoms with Gasteiger partial charge >= 0.3 is 51.5 Å². The second kappa shape index (κ2) is 2.59. The van der Waals surface area contributed by atoms with Gasteiger partial charge in [0, 0.05) is 0 Å². The van der Waals surface area contributed by atoms with Gasteiger partial charge in [-0.2, -0.15) is 0 Å². The SMILES string of the molecule is [CH2+][P](C)(C)=[Au][Cl]. The average molecular weight is 307 g/mol. The van der Waals surface area contributed by atoms with Crippen molar-refractivity contribution in [2.75, 3.05) is 13.3 Å². The van der Waals surface area contributed by atoms with Gasteiger partial charge in [-0.3, -0.25) is 0 Å². The van der Waals surface area contributed by atoms with E-state index in [-0.39, 0.29) is 17.6 Å². The van der Waals surface area contributed by atoms with Gasteiger partial charge in [0.15, 0.2) is 0 Å². The van der Waals surface area contributed by atoms with E-state index in [9.17, 15) is 0 Å². The molecule has 0 spiro atoms. The van der Waals surface area contributed by atoms with Crippen LogP contribution in [-0.2, 0) is 17.6 Å². The molecule has 0 aliphatic rings. The first-order valence-electron chi connectivity index (χ1n) is 1.46. The van der Waals surface area contributed by atoms with Gasteiger partial charge in [0.25, 0.3) is 0 Å². The Morgan fingerprint density at radius 1 is 1.67 bits per heavy atom. The Balaban J connectivity index is 3.79. The Kier molecular flexibility index (Phi) is 3.17. The third kappa shape index (κ3) is 5.33. The standard InChI is InChI=1S/C3H8P.Au.ClH/c1-4(2)3;;/h1H2,2-3H3;;1H/q2*+1;/p-1. The molecule has 42 valence electrons. The summed E-state index contributed by atoms with van der Waals surface area (Å²) >= 11 is 0.0301. The summed E-state index contributed by atoms with van der Waals surface area (Å²) in [6.45, 7) is 8.22. The Labute approximate surface area is 51.6 Å². The average Bonchev–Trinajstić information content (AvgIpc) is 1.35. The van der Waals surface area contributed by atoms with Crippen molar-refractivity contribution in [2.24, 2.45) is 0 Å². The number of hydrogen-bond donors (Lipinski definition) is 0. The van der Waals surface area contributed by atoms with E-state index in [0.29, 0.717) is 0 Å². The summed E-state index contributed by atoms with van der Waals surface area (Å²) < 4.78 is -0.784. The topological polar surface area (TPSA) is 0 Å². The summed E-state index contributed by atoms with van der Waals surface area (Å²) in [4.78, 5) is 0. The summed E-state index contributed by atoms with van der Waals surface area (Å²) in [6.07, 6.45) is 0. The molecule has 0 saturated carbocycles. The van der Waals surface area contributed by atoms with Gasteiger partial charge in [0.1, 0.15) is 0 Å². The van der Waals surface area contributed by atoms with Crippen LogP contribution in [0.25, 0.3) is 0 Å². The molecule has 0 amide bonds. The molecule has 0 aliphatic carbocycles. The predicted molar refractivity (Wildman–Crippen MR) is 30.0 cm³/mol. The summed E-state index contributed by atoms with van der Waals surface area (Å²) in [5, 5.41) is 0. The van der Waals surface area contributed by atoms with Crippen LogP contribution in [0, 0.1) is 6.66 Å². The van der Waals surface area contributed by atoms with Gasteiger partial charge in [-0.25, -0.2) is 0 Å². The van der Waals surface area contributed by atoms with E-state index >= 15 is 0 Å². The van der Waals surface area contributed by atoms with Gasteiger partial charge in [0.2, 0.25) is 0 Å². The van der Waals surface area contributed by atoms with Crippen LogP contribution in [0.2, 0.25) is 0 Å². The van der Waals surface area contributed by atoms with Gasteiger partial charge in [-0.05, 0) is 0 Å². The van der Waals surface area contributed by atoms with E-state index in [1.165, 1.54) is 0 Å². The van der Waals surface area contributed by atoms with Crippen LogP contribution in [0.4, 0.5) is 0 Å². The van der Waals surface area contributed by atoms with Gasteiger partial charge in [-0.1, -0.05) is 0 Å². The first-order valence-corrected chi connectivity index (χ1v) is 9.74. The minimum absolute atomic E-state index is 0.0301. The van der Waals surface area contributed by atoms with Crippen molar-refractivity contribution < 1.29 is 17.6 Å². The Morgan fingerprint density at radius 2 is 1.83 bits per heavy atom. The van der Waals surface area contributed by atoms with E-state index in [1.54, 1.807) is 0 Å². The molecule has 0 nitrogen and oxygen atoms in total. The van der Waals surface area contributed by atoms with Crippen molar-refractivity contribution >= 4 is 13.9 Å². The molecular formula is C3H8AuClP+. The molecule has 0 radical (unpaired) electrons. The molecule has 3 heteroatoms. The van der Waals surface area contributed by atoms with Crippen LogP contribution < -0.4 is 0 Å². The number of hydrogen-bond acceptors (Lipinski definition) is 0. The maximum absolute atomic E-state index is 5.56. The van der Waals surface area contributed by atoms with Gasteiger partial charge in [0.05, 0.1) is 0 Å². The maximum atomic E-state index is 5.56. The molecule has 0 bridgehead atoms. The van der Waals surface area contributed by atoms with Crippen molar-refractivity contribution in [3.05, 3.63) is 6.66 Å². The van der Waals surface area contributed by atoms with Crippen molar-refractivity contribution in [3.8, 4) is 0 Å². The molecule has 0 unspecified atom stereocenters. The summed E-state index contributed by atoms with van der Waals surface area (Å²) in [5.74, 6) is 0. The molecular weight excluding hydrogens is 299 g/mol. The van der Waals surface area contributed by atoms with Crippen LogP contribution >= 0.6 is 13.9 Å². The van der Waals surface area contributed by atoms with E-state index in [0.717, 1.165) is 0 Å². The van der Waals surface area contributed by atoms with Crippen LogP contribution in [-0.4, -0.2) is 13.3 Å². The molecule has 0 aromatic heterocycles. The number of halogens is 1. The van der Waals surface area contributed by atoms with Crippen LogP contribution in [0.1, 0.15) is 0 Å². The van der Waals surface area contributed by atoms with E-state index in [2.05, 4.69) is 20.0 Å². The summed E-state index contributed by atoms with van der Waals surface area (Å²) in [7, 11) is 5.56. The Bertz CT molecular complexity index is 74.5. The van der Waals surface area contributed by atoms with Crippen LogP contribution in [0.3, 0.4) is 0 Å². The van der Waals surface area contributed by atoms with Gasteiger partial charge < -0.3 is 0 Å². The molecule has 0 atom stereocenters. The quantitative estimate of drug-likeness (QED) is 0.366. The zero-order valence-corrected chi connectivity index (χ0v) is 7.65. The van der Waals surface area contributed by atoms with Crippen molar-refractivity contribution in [1.82, 2.24) is 0 Å². The van der Waals surface area contributed by atoms with Crippen molar-refractivity contribution in [1.29, 1.82) is 0 Å². The molecule has 0 fully saturated rings. The Morgan fingerprint density at radius 3 is 1.83 bits per heavy atom. The molecule has 0 aliphatic heterocycles. The van der Waals surface area contributed by atoms with Crippen LogP contribution in [0.5, 0.6) is 0 Å². The van der Waals surface area contributed by atoms with Gasteiger partial charge in [-0.15, -0.1) is 0 Å². The fraction of sp³-hybridized carbons (Fsp3) is 0.667. The zero-order valence-electron chi connectivity index (χ0n) is 3.83. The zero-order chi connectivity index (χ0) is 5.21. The predicted octanol–water partition coefficient (Wildman–Crippen LogP) is 2.21. The fourth-order valence-electron chi connectivity index (χ4n) is 0. The van der Waals surface area contributed by atoms with Crippen molar-refractivity contribution in [3.63, 3.8) is 0 Å². The molecule has 0 aromatic carbocycles. The molecule has 0 aromatic rings. The normalized spacial score (nSPS) is 12.5. The second-order valence-corrected chi connectivity index (χ2v) is 16.0.